The predicted molar refractivity (Wildman–Crippen MR) is 81.9 cm³/mol. The Morgan fingerprint density at radius 3 is 2.18 bits per heavy atom. The second kappa shape index (κ2) is 6.03. The Balaban J connectivity index is 1.76. The zero-order valence-electron chi connectivity index (χ0n) is 11.2. The van der Waals surface area contributed by atoms with Crippen LogP contribution in [-0.2, 0) is 0 Å². The molecule has 0 unspecified atom stereocenters. The van der Waals surface area contributed by atoms with Gasteiger partial charge in [0.25, 0.3) is 5.91 Å². The highest BCUT2D eigenvalue weighted by Gasteiger charge is 2.12. The highest BCUT2D eigenvalue weighted by Crippen LogP contribution is 2.22. The zero-order chi connectivity index (χ0) is 15.5. The van der Waals surface area contributed by atoms with Crippen LogP contribution in [0.1, 0.15) is 9.80 Å². The molecule has 2 aromatic carbocycles. The van der Waals surface area contributed by atoms with E-state index in [0.29, 0.717) is 11.4 Å². The van der Waals surface area contributed by atoms with Gasteiger partial charge in [-0.1, -0.05) is 0 Å². The lowest BCUT2D eigenvalue weighted by Crippen LogP contribution is -2.11. The number of hydrogen-bond acceptors (Lipinski definition) is 3. The quantitative estimate of drug-likeness (QED) is 0.781. The Morgan fingerprint density at radius 1 is 0.955 bits per heavy atom. The number of nitrogens with zero attached hydrogens (tertiary/aromatic N) is 1. The largest absolute Gasteiger partial charge is 0.320 e. The van der Waals surface area contributed by atoms with Crippen molar-refractivity contribution in [2.75, 3.05) is 5.32 Å². The third-order valence-electron chi connectivity index (χ3n) is 2.94. The number of anilines is 1. The van der Waals surface area contributed by atoms with Gasteiger partial charge in [-0.2, -0.15) is 0 Å². The van der Waals surface area contributed by atoms with Gasteiger partial charge in [0.2, 0.25) is 0 Å². The molecule has 6 heteroatoms. The number of benzene rings is 2. The average Bonchev–Trinajstić information content (AvgIpc) is 3.00. The molecule has 0 fully saturated rings. The van der Waals surface area contributed by atoms with Crippen molar-refractivity contribution in [3.05, 3.63) is 70.6 Å². The van der Waals surface area contributed by atoms with Crippen LogP contribution in [-0.4, -0.2) is 10.9 Å². The molecular formula is C16H10F2N2OS. The summed E-state index contributed by atoms with van der Waals surface area (Å²) >= 11 is 1.19. The fourth-order valence-corrected chi connectivity index (χ4v) is 2.57. The highest BCUT2D eigenvalue weighted by molar-refractivity contribution is 7.12. The zero-order valence-corrected chi connectivity index (χ0v) is 12.0. The van der Waals surface area contributed by atoms with Crippen LogP contribution in [0.3, 0.4) is 0 Å². The number of nitrogens with one attached hydrogen (secondary N) is 1. The second-order valence-corrected chi connectivity index (χ2v) is 5.36. The number of thiazole rings is 1. The molecule has 3 nitrogen and oxygen atoms in total. The van der Waals surface area contributed by atoms with Crippen molar-refractivity contribution in [3.8, 4) is 11.3 Å². The van der Waals surface area contributed by atoms with E-state index in [-0.39, 0.29) is 22.5 Å². The van der Waals surface area contributed by atoms with E-state index in [2.05, 4.69) is 10.3 Å². The number of amides is 1. The summed E-state index contributed by atoms with van der Waals surface area (Å²) in [6.07, 6.45) is 0. The van der Waals surface area contributed by atoms with Gasteiger partial charge < -0.3 is 5.32 Å². The van der Waals surface area contributed by atoms with E-state index in [0.717, 1.165) is 5.56 Å². The standard InChI is InChI=1S/C16H10F2N2OS/c17-11-3-1-10(2-4-11)14-9-22-16(20-14)15(21)19-13-7-5-12(18)6-8-13/h1-9H,(H,19,21). The van der Waals surface area contributed by atoms with Crippen molar-refractivity contribution >= 4 is 22.9 Å². The normalized spacial score (nSPS) is 10.5. The molecule has 0 aliphatic heterocycles. The molecular weight excluding hydrogens is 306 g/mol. The number of aromatic nitrogens is 1. The first-order valence-electron chi connectivity index (χ1n) is 6.40. The summed E-state index contributed by atoms with van der Waals surface area (Å²) in [6, 6.07) is 11.4. The molecule has 0 aliphatic rings. The van der Waals surface area contributed by atoms with Gasteiger partial charge in [-0.3, -0.25) is 4.79 Å². The van der Waals surface area contributed by atoms with Crippen LogP contribution in [0.5, 0.6) is 0 Å². The fraction of sp³-hybridized carbons (Fsp3) is 0. The summed E-state index contributed by atoms with van der Waals surface area (Å²) in [7, 11) is 0. The summed E-state index contributed by atoms with van der Waals surface area (Å²) in [5, 5.41) is 4.65. The van der Waals surface area contributed by atoms with Crippen LogP contribution in [0.25, 0.3) is 11.3 Å². The molecule has 3 aromatic rings. The van der Waals surface area contributed by atoms with Crippen molar-refractivity contribution < 1.29 is 13.6 Å². The van der Waals surface area contributed by atoms with Gasteiger partial charge in [0.15, 0.2) is 5.01 Å². The molecule has 110 valence electrons. The second-order valence-electron chi connectivity index (χ2n) is 4.51. The number of carbonyl (C=O) groups excluding carboxylic acids is 1. The first-order valence-corrected chi connectivity index (χ1v) is 7.28. The van der Waals surface area contributed by atoms with E-state index in [1.807, 2.05) is 0 Å². The van der Waals surface area contributed by atoms with Gasteiger partial charge in [-0.05, 0) is 48.5 Å². The molecule has 0 saturated carbocycles. The Labute approximate surface area is 129 Å². The Morgan fingerprint density at radius 2 is 1.55 bits per heavy atom. The van der Waals surface area contributed by atoms with E-state index < -0.39 is 0 Å². The van der Waals surface area contributed by atoms with E-state index in [9.17, 15) is 13.6 Å². The molecule has 1 heterocycles. The molecule has 0 bridgehead atoms. The molecule has 0 radical (unpaired) electrons. The van der Waals surface area contributed by atoms with Crippen molar-refractivity contribution in [2.45, 2.75) is 0 Å². The van der Waals surface area contributed by atoms with E-state index in [1.165, 1.54) is 47.7 Å². The van der Waals surface area contributed by atoms with Crippen molar-refractivity contribution in [3.63, 3.8) is 0 Å². The minimum atomic E-state index is -0.370. The summed E-state index contributed by atoms with van der Waals surface area (Å²) < 4.78 is 25.7. The summed E-state index contributed by atoms with van der Waals surface area (Å²) in [4.78, 5) is 16.3. The smallest absolute Gasteiger partial charge is 0.284 e. The average molecular weight is 316 g/mol. The maximum absolute atomic E-state index is 12.9. The number of carbonyl (C=O) groups is 1. The van der Waals surface area contributed by atoms with E-state index in [1.54, 1.807) is 17.5 Å². The maximum atomic E-state index is 12.9. The van der Waals surface area contributed by atoms with Gasteiger partial charge in [-0.25, -0.2) is 13.8 Å². The maximum Gasteiger partial charge on any atom is 0.284 e. The molecule has 3 rings (SSSR count). The van der Waals surface area contributed by atoms with Crippen LogP contribution in [0.15, 0.2) is 53.9 Å². The van der Waals surface area contributed by atoms with Crippen molar-refractivity contribution in [2.24, 2.45) is 0 Å². The van der Waals surface area contributed by atoms with Crippen LogP contribution in [0.2, 0.25) is 0 Å². The lowest BCUT2D eigenvalue weighted by molar-refractivity contribution is 0.102. The monoisotopic (exact) mass is 316 g/mol. The Hall–Kier alpha value is -2.60. The minimum absolute atomic E-state index is 0.281. The number of rotatable bonds is 3. The van der Waals surface area contributed by atoms with Crippen molar-refractivity contribution in [1.82, 2.24) is 4.98 Å². The minimum Gasteiger partial charge on any atom is -0.320 e. The topological polar surface area (TPSA) is 42.0 Å². The molecule has 1 N–H and O–H groups in total. The van der Waals surface area contributed by atoms with Crippen LogP contribution in [0.4, 0.5) is 14.5 Å². The molecule has 0 spiro atoms. The van der Waals surface area contributed by atoms with Crippen molar-refractivity contribution in [1.29, 1.82) is 0 Å². The van der Waals surface area contributed by atoms with Gasteiger partial charge in [0.05, 0.1) is 5.69 Å². The van der Waals surface area contributed by atoms with Crippen LogP contribution >= 0.6 is 11.3 Å². The highest BCUT2D eigenvalue weighted by atomic mass is 32.1. The predicted octanol–water partition coefficient (Wildman–Crippen LogP) is 4.34. The summed E-state index contributed by atoms with van der Waals surface area (Å²) in [5.41, 5.74) is 1.83. The third-order valence-corrected chi connectivity index (χ3v) is 3.78. The Kier molecular flexibility index (Phi) is 3.93. The fourth-order valence-electron chi connectivity index (χ4n) is 1.85. The molecule has 0 aliphatic carbocycles. The molecule has 1 amide bonds. The van der Waals surface area contributed by atoms with Crippen LogP contribution in [0, 0.1) is 11.6 Å². The first-order chi connectivity index (χ1) is 10.6. The molecule has 0 saturated heterocycles. The summed E-state index contributed by atoms with van der Waals surface area (Å²) in [5.74, 6) is -1.07. The summed E-state index contributed by atoms with van der Waals surface area (Å²) in [6.45, 7) is 0. The number of hydrogen-bond donors (Lipinski definition) is 1. The molecule has 22 heavy (non-hydrogen) atoms. The molecule has 1 aromatic heterocycles. The SMILES string of the molecule is O=C(Nc1ccc(F)cc1)c1nc(-c2ccc(F)cc2)cs1. The third kappa shape index (κ3) is 3.17. The Bertz CT molecular complexity index is 798. The van der Waals surface area contributed by atoms with Gasteiger partial charge in [0, 0.05) is 16.6 Å². The van der Waals surface area contributed by atoms with Gasteiger partial charge in [-0.15, -0.1) is 11.3 Å². The molecule has 0 atom stereocenters. The lowest BCUT2D eigenvalue weighted by Gasteiger charge is -2.02. The van der Waals surface area contributed by atoms with E-state index >= 15 is 0 Å². The van der Waals surface area contributed by atoms with E-state index in [4.69, 9.17) is 0 Å². The van der Waals surface area contributed by atoms with Gasteiger partial charge in [0.1, 0.15) is 11.6 Å². The van der Waals surface area contributed by atoms with Gasteiger partial charge >= 0.3 is 0 Å². The lowest BCUT2D eigenvalue weighted by atomic mass is 10.2. The number of halogens is 2. The van der Waals surface area contributed by atoms with Crippen LogP contribution < -0.4 is 5.32 Å². The first kappa shape index (κ1) is 14.3.